The molecule has 0 heterocycles. The first-order valence-electron chi connectivity index (χ1n) is 10.2. The summed E-state index contributed by atoms with van der Waals surface area (Å²) in [4.78, 5) is 60.2. The first-order chi connectivity index (χ1) is 15.0. The summed E-state index contributed by atoms with van der Waals surface area (Å²) in [5, 5.41) is 25.7. The topological polar surface area (TPSA) is 188 Å². The molecule has 32 heavy (non-hydrogen) atoms. The van der Waals surface area contributed by atoms with Crippen molar-refractivity contribution in [3.63, 3.8) is 0 Å². The molecule has 0 spiro atoms. The van der Waals surface area contributed by atoms with E-state index in [2.05, 4.69) is 28.6 Å². The second kappa shape index (κ2) is 15.8. The van der Waals surface area contributed by atoms with Gasteiger partial charge in [-0.2, -0.15) is 24.4 Å². The molecule has 0 aliphatic heterocycles. The predicted molar refractivity (Wildman–Crippen MR) is 125 cm³/mol. The molecule has 5 unspecified atom stereocenters. The summed E-state index contributed by atoms with van der Waals surface area (Å²) in [6.07, 6.45) is 1.91. The van der Waals surface area contributed by atoms with Crippen LogP contribution >= 0.6 is 24.4 Å². The molecule has 5 atom stereocenters. The zero-order valence-electron chi connectivity index (χ0n) is 18.5. The fourth-order valence-corrected chi connectivity index (χ4v) is 3.25. The Balaban J connectivity index is 5.52. The number of carbonyl (C=O) groups excluding carboxylic acids is 3. The van der Waals surface area contributed by atoms with Gasteiger partial charge in [-0.1, -0.05) is 20.3 Å². The molecule has 0 aliphatic rings. The molecule has 0 aromatic rings. The Morgan fingerprint density at radius 3 is 2.03 bits per heavy atom. The van der Waals surface area contributed by atoms with Crippen LogP contribution in [0.4, 0.5) is 0 Å². The lowest BCUT2D eigenvalue weighted by Crippen LogP contribution is -2.58. The Labute approximate surface area is 197 Å². The summed E-state index contributed by atoms with van der Waals surface area (Å²) >= 11 is 5.36. The van der Waals surface area contributed by atoms with E-state index in [1.165, 1.54) is 11.8 Å². The average Bonchev–Trinajstić information content (AvgIpc) is 2.75. The van der Waals surface area contributed by atoms with E-state index in [-0.39, 0.29) is 24.5 Å². The second-order valence-electron chi connectivity index (χ2n) is 7.34. The quantitative estimate of drug-likeness (QED) is 0.138. The van der Waals surface area contributed by atoms with Crippen LogP contribution < -0.4 is 21.7 Å². The van der Waals surface area contributed by atoms with E-state index in [0.29, 0.717) is 12.2 Å². The van der Waals surface area contributed by atoms with Crippen molar-refractivity contribution in [2.24, 2.45) is 11.7 Å². The molecule has 0 saturated heterocycles. The lowest BCUT2D eigenvalue weighted by molar-refractivity contribution is -0.142. The first-order valence-corrected chi connectivity index (χ1v) is 12.2. The van der Waals surface area contributed by atoms with Crippen LogP contribution in [0.3, 0.4) is 0 Å². The van der Waals surface area contributed by atoms with Crippen molar-refractivity contribution < 1.29 is 34.2 Å². The smallest absolute Gasteiger partial charge is 0.326 e. The molecule has 0 aromatic heterocycles. The van der Waals surface area contributed by atoms with Gasteiger partial charge in [0, 0.05) is 12.2 Å². The SMILES string of the molecule is CCC(C)C(NC(=O)C(CCC(=O)O)NC(=O)C(N)CS)C(=O)NC(CCSC)C(=O)O. The van der Waals surface area contributed by atoms with Gasteiger partial charge in [-0.05, 0) is 30.8 Å². The summed E-state index contributed by atoms with van der Waals surface area (Å²) in [5.74, 6) is -4.28. The minimum atomic E-state index is -1.24. The number of nitrogens with two attached hydrogens (primary N) is 1. The van der Waals surface area contributed by atoms with Crippen molar-refractivity contribution in [3.05, 3.63) is 0 Å². The van der Waals surface area contributed by atoms with Crippen molar-refractivity contribution >= 4 is 54.1 Å². The first kappa shape index (κ1) is 30.0. The number of nitrogens with one attached hydrogen (secondary N) is 3. The number of thiol groups is 1. The molecule has 184 valence electrons. The number of thioether (sulfide) groups is 1. The third-order valence-electron chi connectivity index (χ3n) is 4.83. The van der Waals surface area contributed by atoms with Crippen molar-refractivity contribution in [1.82, 2.24) is 16.0 Å². The number of carboxylic acid groups (broad SMARTS) is 2. The van der Waals surface area contributed by atoms with E-state index < -0.39 is 60.2 Å². The van der Waals surface area contributed by atoms with Crippen molar-refractivity contribution in [2.45, 2.75) is 63.7 Å². The molecular weight excluding hydrogens is 460 g/mol. The van der Waals surface area contributed by atoms with E-state index in [1.807, 2.05) is 6.26 Å². The fourth-order valence-electron chi connectivity index (χ4n) is 2.61. The number of hydrogen-bond donors (Lipinski definition) is 7. The van der Waals surface area contributed by atoms with Crippen molar-refractivity contribution in [2.75, 3.05) is 17.8 Å². The monoisotopic (exact) mass is 494 g/mol. The summed E-state index contributed by atoms with van der Waals surface area (Å²) < 4.78 is 0. The summed E-state index contributed by atoms with van der Waals surface area (Å²) in [7, 11) is 0. The normalized spacial score (nSPS) is 15.5. The Morgan fingerprint density at radius 2 is 1.56 bits per heavy atom. The molecule has 0 bridgehead atoms. The lowest BCUT2D eigenvalue weighted by atomic mass is 9.97. The molecule has 0 fully saturated rings. The van der Waals surface area contributed by atoms with Crippen LogP contribution in [0.1, 0.15) is 39.5 Å². The number of aliphatic carboxylic acids is 2. The molecule has 0 aromatic carbocycles. The summed E-state index contributed by atoms with van der Waals surface area (Å²) in [6.45, 7) is 3.51. The van der Waals surface area contributed by atoms with Gasteiger partial charge in [-0.3, -0.25) is 19.2 Å². The molecule has 0 rings (SSSR count). The maximum Gasteiger partial charge on any atom is 0.326 e. The highest BCUT2D eigenvalue weighted by atomic mass is 32.2. The minimum Gasteiger partial charge on any atom is -0.481 e. The van der Waals surface area contributed by atoms with Gasteiger partial charge in [-0.25, -0.2) is 4.79 Å². The van der Waals surface area contributed by atoms with Crippen LogP contribution in [0.25, 0.3) is 0 Å². The summed E-state index contributed by atoms with van der Waals surface area (Å²) in [6, 6.07) is -4.43. The number of carboxylic acids is 2. The van der Waals surface area contributed by atoms with Gasteiger partial charge in [0.2, 0.25) is 17.7 Å². The number of amides is 3. The van der Waals surface area contributed by atoms with Crippen LogP contribution in [0.2, 0.25) is 0 Å². The predicted octanol–water partition coefficient (Wildman–Crippen LogP) is -0.553. The highest BCUT2D eigenvalue weighted by molar-refractivity contribution is 7.98. The number of rotatable bonds is 16. The molecule has 0 aliphatic carbocycles. The summed E-state index contributed by atoms with van der Waals surface area (Å²) in [5.41, 5.74) is 5.61. The van der Waals surface area contributed by atoms with Crippen molar-refractivity contribution in [3.8, 4) is 0 Å². The van der Waals surface area contributed by atoms with Crippen LogP contribution in [-0.2, 0) is 24.0 Å². The third-order valence-corrected chi connectivity index (χ3v) is 5.87. The largest absolute Gasteiger partial charge is 0.481 e. The molecule has 0 saturated carbocycles. The lowest BCUT2D eigenvalue weighted by Gasteiger charge is -2.28. The van der Waals surface area contributed by atoms with Gasteiger partial charge < -0.3 is 31.9 Å². The molecule has 3 amide bonds. The van der Waals surface area contributed by atoms with E-state index >= 15 is 0 Å². The molecule has 0 radical (unpaired) electrons. The standard InChI is InChI=1S/C19H34N4O7S2/c1-4-10(2)15(18(28)22-13(19(29)30)7-8-32-3)23-17(27)12(5-6-14(24)25)21-16(26)11(20)9-31/h10-13,15,31H,4-9,20H2,1-3H3,(H,21,26)(H,22,28)(H,23,27)(H,24,25)(H,29,30). The van der Waals surface area contributed by atoms with Gasteiger partial charge in [0.1, 0.15) is 18.1 Å². The van der Waals surface area contributed by atoms with Gasteiger partial charge in [-0.15, -0.1) is 0 Å². The van der Waals surface area contributed by atoms with Gasteiger partial charge in [0.15, 0.2) is 0 Å². The third kappa shape index (κ3) is 11.0. The van der Waals surface area contributed by atoms with Gasteiger partial charge >= 0.3 is 11.9 Å². The van der Waals surface area contributed by atoms with Crippen LogP contribution in [0, 0.1) is 5.92 Å². The second-order valence-corrected chi connectivity index (χ2v) is 8.69. The van der Waals surface area contributed by atoms with Crippen LogP contribution in [-0.4, -0.2) is 81.8 Å². The molecule has 11 nitrogen and oxygen atoms in total. The number of carbonyl (C=O) groups is 5. The maximum atomic E-state index is 12.9. The van der Waals surface area contributed by atoms with Crippen LogP contribution in [0.5, 0.6) is 0 Å². The van der Waals surface area contributed by atoms with Gasteiger partial charge in [0.05, 0.1) is 6.04 Å². The Hall–Kier alpha value is -1.99. The fraction of sp³-hybridized carbons (Fsp3) is 0.737. The van der Waals surface area contributed by atoms with Crippen LogP contribution in [0.15, 0.2) is 0 Å². The molecule has 13 heteroatoms. The highest BCUT2D eigenvalue weighted by Crippen LogP contribution is 2.11. The number of hydrogen-bond acceptors (Lipinski definition) is 8. The maximum absolute atomic E-state index is 12.9. The Morgan fingerprint density at radius 1 is 0.969 bits per heavy atom. The Bertz CT molecular complexity index is 666. The molecular formula is C19H34N4O7S2. The van der Waals surface area contributed by atoms with E-state index in [1.54, 1.807) is 13.8 Å². The van der Waals surface area contributed by atoms with E-state index in [0.717, 1.165) is 0 Å². The zero-order chi connectivity index (χ0) is 24.8. The van der Waals surface area contributed by atoms with Gasteiger partial charge in [0.25, 0.3) is 0 Å². The minimum absolute atomic E-state index is 0.0175. The highest BCUT2D eigenvalue weighted by Gasteiger charge is 2.32. The zero-order valence-corrected chi connectivity index (χ0v) is 20.2. The van der Waals surface area contributed by atoms with E-state index in [9.17, 15) is 29.1 Å². The average molecular weight is 495 g/mol. The van der Waals surface area contributed by atoms with E-state index in [4.69, 9.17) is 10.8 Å². The molecule has 7 N–H and O–H groups in total. The Kier molecular flexibility index (Phi) is 14.8. The van der Waals surface area contributed by atoms with Crippen molar-refractivity contribution in [1.29, 1.82) is 0 Å².